The Kier molecular flexibility index (Phi) is 8.51. The molecule has 0 atom stereocenters. The van der Waals surface area contributed by atoms with Gasteiger partial charge in [-0.1, -0.05) is 6.07 Å². The minimum atomic E-state index is -0.160. The van der Waals surface area contributed by atoms with Gasteiger partial charge in [0.1, 0.15) is 11.5 Å². The minimum absolute atomic E-state index is 0.0683. The number of ether oxygens (including phenoxy) is 2. The summed E-state index contributed by atoms with van der Waals surface area (Å²) < 4.78 is 10.0. The Hall–Kier alpha value is -3.35. The predicted molar refractivity (Wildman–Crippen MR) is 105 cm³/mol. The Labute approximate surface area is 158 Å². The number of methoxy groups -OCH3 is 2. The van der Waals surface area contributed by atoms with Gasteiger partial charge < -0.3 is 20.1 Å². The lowest BCUT2D eigenvalue weighted by molar-refractivity contribution is -0.115. The minimum Gasteiger partial charge on any atom is -0.497 e. The van der Waals surface area contributed by atoms with Crippen LogP contribution in [0.1, 0.15) is 31.1 Å². The normalized spacial score (nSPS) is 9.37. The van der Waals surface area contributed by atoms with E-state index in [1.165, 1.54) is 27.9 Å². The molecule has 0 aliphatic rings. The van der Waals surface area contributed by atoms with Gasteiger partial charge in [0.05, 0.1) is 19.8 Å². The van der Waals surface area contributed by atoms with E-state index >= 15 is 0 Å². The zero-order chi connectivity index (χ0) is 20.4. The monoisotopic (exact) mass is 372 g/mol. The first-order chi connectivity index (χ1) is 12.8. The highest BCUT2D eigenvalue weighted by atomic mass is 16.5. The van der Waals surface area contributed by atoms with Crippen LogP contribution in [0.3, 0.4) is 0 Å². The van der Waals surface area contributed by atoms with Crippen LogP contribution < -0.4 is 20.1 Å². The molecule has 7 heteroatoms. The van der Waals surface area contributed by atoms with Crippen LogP contribution in [0.5, 0.6) is 11.5 Å². The molecule has 0 aromatic heterocycles. The quantitative estimate of drug-likeness (QED) is 0.784. The molecular formula is C20H24N2O5. The molecule has 0 bridgehead atoms. The second-order valence-corrected chi connectivity index (χ2v) is 5.57. The van der Waals surface area contributed by atoms with E-state index in [2.05, 4.69) is 10.6 Å². The van der Waals surface area contributed by atoms with Crippen molar-refractivity contribution in [3.05, 3.63) is 48.0 Å². The molecule has 0 spiro atoms. The van der Waals surface area contributed by atoms with Gasteiger partial charge in [0.15, 0.2) is 5.78 Å². The van der Waals surface area contributed by atoms with Gasteiger partial charge in [-0.15, -0.1) is 0 Å². The molecule has 2 rings (SSSR count). The molecule has 0 heterocycles. The van der Waals surface area contributed by atoms with E-state index in [1.807, 2.05) is 18.2 Å². The average Bonchev–Trinajstić information content (AvgIpc) is 2.61. The van der Waals surface area contributed by atoms with Gasteiger partial charge in [0.25, 0.3) is 0 Å². The number of hydrogen-bond acceptors (Lipinski definition) is 5. The molecule has 2 aromatic rings. The standard InChI is InChI=1S/C11H13NO3.C9H11NO2/c1-7(13)10-5-4-9(12-8(2)14)6-11(10)15-3;1-7(11)10-8-4-3-5-9(6-8)12-2/h4-6H,1-3H3,(H,12,14);3-6H,1-2H3,(H,10,11). The maximum absolute atomic E-state index is 11.2. The summed E-state index contributed by atoms with van der Waals surface area (Å²) in [5.41, 5.74) is 1.87. The lowest BCUT2D eigenvalue weighted by Gasteiger charge is -2.08. The Bertz CT molecular complexity index is 818. The Morgan fingerprint density at radius 2 is 1.37 bits per heavy atom. The fraction of sp³-hybridized carbons (Fsp3) is 0.250. The van der Waals surface area contributed by atoms with Crippen molar-refractivity contribution in [1.82, 2.24) is 0 Å². The van der Waals surface area contributed by atoms with Crippen molar-refractivity contribution in [3.8, 4) is 11.5 Å². The van der Waals surface area contributed by atoms with Crippen molar-refractivity contribution in [2.45, 2.75) is 20.8 Å². The number of ketones is 1. The number of nitrogens with one attached hydrogen (secondary N) is 2. The fourth-order valence-electron chi connectivity index (χ4n) is 2.17. The molecule has 0 aliphatic carbocycles. The summed E-state index contributed by atoms with van der Waals surface area (Å²) in [6.45, 7) is 4.36. The highest BCUT2D eigenvalue weighted by Gasteiger charge is 2.08. The molecule has 0 unspecified atom stereocenters. The molecule has 2 aromatic carbocycles. The van der Waals surface area contributed by atoms with Crippen LogP contribution in [0.2, 0.25) is 0 Å². The van der Waals surface area contributed by atoms with Crippen molar-refractivity contribution in [3.63, 3.8) is 0 Å². The zero-order valence-electron chi connectivity index (χ0n) is 16.1. The molecule has 0 fully saturated rings. The molecule has 27 heavy (non-hydrogen) atoms. The van der Waals surface area contributed by atoms with E-state index in [0.717, 1.165) is 11.4 Å². The van der Waals surface area contributed by atoms with Crippen LogP contribution in [0.25, 0.3) is 0 Å². The molecule has 2 N–H and O–H groups in total. The van der Waals surface area contributed by atoms with E-state index in [9.17, 15) is 14.4 Å². The number of carbonyl (C=O) groups excluding carboxylic acids is 3. The van der Waals surface area contributed by atoms with Crippen LogP contribution in [-0.4, -0.2) is 31.8 Å². The van der Waals surface area contributed by atoms with Crippen molar-refractivity contribution in [2.24, 2.45) is 0 Å². The first-order valence-corrected chi connectivity index (χ1v) is 8.15. The maximum atomic E-state index is 11.2. The lowest BCUT2D eigenvalue weighted by Crippen LogP contribution is -2.06. The topological polar surface area (TPSA) is 93.7 Å². The van der Waals surface area contributed by atoms with Gasteiger partial charge in [-0.05, 0) is 31.2 Å². The van der Waals surface area contributed by atoms with Gasteiger partial charge in [0.2, 0.25) is 11.8 Å². The number of hydrogen-bond donors (Lipinski definition) is 2. The summed E-state index contributed by atoms with van der Waals surface area (Å²) in [7, 11) is 3.08. The van der Waals surface area contributed by atoms with Crippen molar-refractivity contribution < 1.29 is 23.9 Å². The van der Waals surface area contributed by atoms with Crippen LogP contribution in [0.4, 0.5) is 11.4 Å². The SMILES string of the molecule is COc1cc(NC(C)=O)ccc1C(C)=O.COc1cccc(NC(C)=O)c1. The molecule has 0 saturated carbocycles. The molecule has 7 nitrogen and oxygen atoms in total. The zero-order valence-corrected chi connectivity index (χ0v) is 16.1. The fourth-order valence-corrected chi connectivity index (χ4v) is 2.17. The average molecular weight is 372 g/mol. The smallest absolute Gasteiger partial charge is 0.221 e. The highest BCUT2D eigenvalue weighted by Crippen LogP contribution is 2.23. The van der Waals surface area contributed by atoms with E-state index in [1.54, 1.807) is 31.4 Å². The number of anilines is 2. The summed E-state index contributed by atoms with van der Waals surface area (Å²) in [5.74, 6) is 0.895. The first-order valence-electron chi connectivity index (χ1n) is 8.15. The van der Waals surface area contributed by atoms with E-state index in [4.69, 9.17) is 9.47 Å². The molecule has 144 valence electrons. The number of Topliss-reactive ketones (excluding diaryl/α,β-unsaturated/α-hetero) is 1. The van der Waals surface area contributed by atoms with E-state index in [-0.39, 0.29) is 17.6 Å². The Morgan fingerprint density at radius 3 is 1.85 bits per heavy atom. The van der Waals surface area contributed by atoms with Crippen LogP contribution in [-0.2, 0) is 9.59 Å². The number of carbonyl (C=O) groups is 3. The third-order valence-electron chi connectivity index (χ3n) is 3.29. The molecule has 0 aliphatic heterocycles. The molecular weight excluding hydrogens is 348 g/mol. The third kappa shape index (κ3) is 7.60. The number of rotatable bonds is 5. The van der Waals surface area contributed by atoms with Gasteiger partial charge in [-0.3, -0.25) is 14.4 Å². The number of benzene rings is 2. The molecule has 0 saturated heterocycles. The summed E-state index contributed by atoms with van der Waals surface area (Å²) in [5, 5.41) is 5.28. The predicted octanol–water partition coefficient (Wildman–Crippen LogP) is 3.51. The van der Waals surface area contributed by atoms with Gasteiger partial charge in [-0.2, -0.15) is 0 Å². The van der Waals surface area contributed by atoms with E-state index < -0.39 is 0 Å². The summed E-state index contributed by atoms with van der Waals surface area (Å²) >= 11 is 0. The second kappa shape index (κ2) is 10.6. The van der Waals surface area contributed by atoms with Gasteiger partial charge >= 0.3 is 0 Å². The first kappa shape index (κ1) is 21.7. The molecule has 2 amide bonds. The summed E-state index contributed by atoms with van der Waals surface area (Å²) in [4.78, 5) is 32.7. The Morgan fingerprint density at radius 1 is 0.778 bits per heavy atom. The van der Waals surface area contributed by atoms with E-state index in [0.29, 0.717) is 17.0 Å². The van der Waals surface area contributed by atoms with Crippen LogP contribution in [0.15, 0.2) is 42.5 Å². The van der Waals surface area contributed by atoms with Crippen molar-refractivity contribution in [2.75, 3.05) is 24.9 Å². The molecule has 0 radical (unpaired) electrons. The second-order valence-electron chi connectivity index (χ2n) is 5.57. The van der Waals surface area contributed by atoms with Gasteiger partial charge in [-0.25, -0.2) is 0 Å². The third-order valence-corrected chi connectivity index (χ3v) is 3.29. The lowest BCUT2D eigenvalue weighted by atomic mass is 10.1. The van der Waals surface area contributed by atoms with Gasteiger partial charge in [0, 0.05) is 37.4 Å². The van der Waals surface area contributed by atoms with Crippen LogP contribution in [0, 0.1) is 0 Å². The summed E-state index contributed by atoms with van der Waals surface area (Å²) in [6, 6.07) is 12.1. The largest absolute Gasteiger partial charge is 0.497 e. The van der Waals surface area contributed by atoms with Crippen molar-refractivity contribution >= 4 is 29.0 Å². The maximum Gasteiger partial charge on any atom is 0.221 e. The highest BCUT2D eigenvalue weighted by molar-refractivity contribution is 5.98. The summed E-state index contributed by atoms with van der Waals surface area (Å²) in [6.07, 6.45) is 0. The van der Waals surface area contributed by atoms with Crippen molar-refractivity contribution in [1.29, 1.82) is 0 Å². The van der Waals surface area contributed by atoms with Crippen LogP contribution >= 0.6 is 0 Å². The number of amides is 2. The Balaban J connectivity index is 0.000000277.